The van der Waals surface area contributed by atoms with E-state index < -0.39 is 30.4 Å². The molecule has 1 unspecified atom stereocenters. The number of carbonyl (C=O) groups excluding carboxylic acids is 1. The summed E-state index contributed by atoms with van der Waals surface area (Å²) in [5.41, 5.74) is 0. The molecule has 7 nitrogen and oxygen atoms in total. The molecular weight excluding hydrogens is 219 g/mol. The smallest absolute Gasteiger partial charge is 0.550 e. The third-order valence-corrected chi connectivity index (χ3v) is 0.900. The van der Waals surface area contributed by atoms with Gasteiger partial charge in [0.2, 0.25) is 0 Å². The molecule has 0 aliphatic rings. The second-order valence-corrected chi connectivity index (χ2v) is 2.28. The Kier molecular flexibility index (Phi) is 15.2. The van der Waals surface area contributed by atoms with Crippen molar-refractivity contribution in [1.29, 1.82) is 0 Å². The molecule has 0 amide bonds. The van der Waals surface area contributed by atoms with E-state index in [1.807, 2.05) is 0 Å². The van der Waals surface area contributed by atoms with Gasteiger partial charge in [0.05, 0.1) is 6.42 Å². The summed E-state index contributed by atoms with van der Waals surface area (Å²) in [5, 5.41) is 33.2. The molecule has 0 rings (SSSR count). The average molecular weight is 230 g/mol. The fourth-order valence-electron chi connectivity index (χ4n) is 0.209. The molecule has 8 heteroatoms. The zero-order valence-electron chi connectivity index (χ0n) is 8.47. The number of aliphatic hydroxyl groups is 1. The molecule has 0 saturated heterocycles. The summed E-state index contributed by atoms with van der Waals surface area (Å²) in [6.45, 7) is 1.20. The molecule has 0 aliphatic carbocycles. The van der Waals surface area contributed by atoms with Crippen LogP contribution < -0.4 is 34.7 Å². The number of aliphatic hydroxyl groups excluding tert-OH is 1. The monoisotopic (exact) mass is 230 g/mol. The van der Waals surface area contributed by atoms with Gasteiger partial charge in [0.25, 0.3) is 0 Å². The molecule has 0 aromatic carbocycles. The van der Waals surface area contributed by atoms with E-state index >= 15 is 0 Å². The number of carboxylic acids is 3. The van der Waals surface area contributed by atoms with Crippen LogP contribution >= 0.6 is 0 Å². The molecule has 0 aliphatic heterocycles. The van der Waals surface area contributed by atoms with Crippen molar-refractivity contribution in [3.8, 4) is 0 Å². The van der Waals surface area contributed by atoms with Gasteiger partial charge in [-0.3, -0.25) is 4.79 Å². The Bertz CT molecular complexity index is 199. The van der Waals surface area contributed by atoms with Gasteiger partial charge in [-0.15, -0.1) is 0 Å². The van der Waals surface area contributed by atoms with Gasteiger partial charge in [-0.05, 0) is 13.3 Å². The maximum Gasteiger partial charge on any atom is 1.00 e. The van der Waals surface area contributed by atoms with Gasteiger partial charge in [-0.2, -0.15) is 0 Å². The molecule has 0 saturated carbocycles. The quantitative estimate of drug-likeness (QED) is 0.412. The van der Waals surface area contributed by atoms with Crippen molar-refractivity contribution in [2.24, 2.45) is 0 Å². The van der Waals surface area contributed by atoms with E-state index in [2.05, 4.69) is 0 Å². The predicted molar refractivity (Wildman–Crippen MR) is 41.2 cm³/mol. The van der Waals surface area contributed by atoms with Gasteiger partial charge in [-0.25, -0.2) is 4.79 Å². The predicted octanol–water partition coefficient (Wildman–Crippen LogP) is -4.94. The normalized spacial score (nSPS) is 10.0. The van der Waals surface area contributed by atoms with Gasteiger partial charge in [0.1, 0.15) is 6.10 Å². The van der Waals surface area contributed by atoms with E-state index in [0.717, 1.165) is 0 Å². The second kappa shape index (κ2) is 11.4. The Balaban J connectivity index is -0.000000187. The largest absolute Gasteiger partial charge is 1.00 e. The van der Waals surface area contributed by atoms with E-state index in [0.29, 0.717) is 0 Å². The molecular formula is C7H11NaO7. The number of aliphatic carboxylic acids is 3. The van der Waals surface area contributed by atoms with Crippen LogP contribution in [0.3, 0.4) is 0 Å². The third-order valence-electron chi connectivity index (χ3n) is 0.900. The molecule has 0 radical (unpaired) electrons. The van der Waals surface area contributed by atoms with E-state index in [1.54, 1.807) is 0 Å². The first-order valence-electron chi connectivity index (χ1n) is 3.60. The summed E-state index contributed by atoms with van der Waals surface area (Å²) < 4.78 is 0. The van der Waals surface area contributed by atoms with E-state index in [4.69, 9.17) is 15.3 Å². The molecule has 0 heterocycles. The maximum atomic E-state index is 9.61. The minimum absolute atomic E-state index is 0. The summed E-state index contributed by atoms with van der Waals surface area (Å²) in [5.74, 6) is -3.63. The van der Waals surface area contributed by atoms with Crippen molar-refractivity contribution in [2.45, 2.75) is 25.9 Å². The van der Waals surface area contributed by atoms with E-state index in [9.17, 15) is 19.5 Å². The maximum absolute atomic E-state index is 9.61. The minimum atomic E-state index is -1.33. The molecule has 15 heavy (non-hydrogen) atoms. The Labute approximate surface area is 108 Å². The summed E-state index contributed by atoms with van der Waals surface area (Å²) in [6, 6.07) is 0. The molecule has 3 N–H and O–H groups in total. The van der Waals surface area contributed by atoms with Gasteiger partial charge < -0.3 is 25.2 Å². The number of carboxylic acid groups (broad SMARTS) is 3. The van der Waals surface area contributed by atoms with Crippen molar-refractivity contribution in [1.82, 2.24) is 0 Å². The van der Waals surface area contributed by atoms with Crippen LogP contribution in [0, 0.1) is 0 Å². The fourth-order valence-corrected chi connectivity index (χ4v) is 0.209. The van der Waals surface area contributed by atoms with Crippen molar-refractivity contribution >= 4 is 17.9 Å². The van der Waals surface area contributed by atoms with E-state index in [1.165, 1.54) is 6.92 Å². The first-order chi connectivity index (χ1) is 6.27. The van der Waals surface area contributed by atoms with Crippen molar-refractivity contribution in [3.63, 3.8) is 0 Å². The van der Waals surface area contributed by atoms with E-state index in [-0.39, 0.29) is 36.0 Å². The number of hydrogen-bond donors (Lipinski definition) is 3. The number of rotatable bonds is 4. The third kappa shape index (κ3) is 24.7. The van der Waals surface area contributed by atoms with Crippen LogP contribution in [-0.2, 0) is 14.4 Å². The average Bonchev–Trinajstić information content (AvgIpc) is 2.01. The molecule has 0 aromatic heterocycles. The van der Waals surface area contributed by atoms with Crippen molar-refractivity contribution in [2.75, 3.05) is 0 Å². The SMILES string of the molecule is CC(O)C(=O)O.O=C([O-])CCC(=O)O.[Na+]. The Hall–Kier alpha value is -0.630. The van der Waals surface area contributed by atoms with Crippen LogP contribution in [-0.4, -0.2) is 39.3 Å². The van der Waals surface area contributed by atoms with Crippen LogP contribution in [0.2, 0.25) is 0 Å². The summed E-state index contributed by atoms with van der Waals surface area (Å²) in [6.07, 6.45) is -2.00. The van der Waals surface area contributed by atoms with Crippen molar-refractivity contribution < 1.29 is 64.4 Å². The first-order valence-corrected chi connectivity index (χ1v) is 3.60. The van der Waals surface area contributed by atoms with Gasteiger partial charge in [0, 0.05) is 5.97 Å². The zero-order chi connectivity index (χ0) is 11.7. The molecule has 82 valence electrons. The van der Waals surface area contributed by atoms with Gasteiger partial charge in [-0.1, -0.05) is 0 Å². The Morgan fingerprint density at radius 2 is 1.53 bits per heavy atom. The van der Waals surface area contributed by atoms with Crippen LogP contribution in [0.4, 0.5) is 0 Å². The number of hydrogen-bond acceptors (Lipinski definition) is 5. The number of carbonyl (C=O) groups is 3. The fraction of sp³-hybridized carbons (Fsp3) is 0.571. The van der Waals surface area contributed by atoms with Gasteiger partial charge >= 0.3 is 41.5 Å². The van der Waals surface area contributed by atoms with Crippen LogP contribution in [0.1, 0.15) is 19.8 Å². The Morgan fingerprint density at radius 3 is 1.60 bits per heavy atom. The van der Waals surface area contributed by atoms with Gasteiger partial charge in [0.15, 0.2) is 0 Å². The van der Waals surface area contributed by atoms with Crippen molar-refractivity contribution in [3.05, 3.63) is 0 Å². The second-order valence-electron chi connectivity index (χ2n) is 2.28. The molecule has 0 spiro atoms. The zero-order valence-corrected chi connectivity index (χ0v) is 10.5. The minimum Gasteiger partial charge on any atom is -0.550 e. The summed E-state index contributed by atoms with van der Waals surface area (Å²) >= 11 is 0. The van der Waals surface area contributed by atoms with Crippen LogP contribution in [0.5, 0.6) is 0 Å². The van der Waals surface area contributed by atoms with Crippen LogP contribution in [0.25, 0.3) is 0 Å². The standard InChI is InChI=1S/C4H6O4.C3H6O3.Na/c5-3(6)1-2-4(7)8;1-2(4)3(5)6;/h1-2H2,(H,5,6)(H,7,8);2,4H,1H3,(H,5,6);/q;;+1/p-1. The molecule has 0 fully saturated rings. The van der Waals surface area contributed by atoms with Crippen LogP contribution in [0.15, 0.2) is 0 Å². The Morgan fingerprint density at radius 1 is 1.20 bits per heavy atom. The molecule has 1 atom stereocenters. The molecule has 0 bridgehead atoms. The molecule has 0 aromatic rings. The summed E-state index contributed by atoms with van der Waals surface area (Å²) in [4.78, 5) is 28.6. The summed E-state index contributed by atoms with van der Waals surface area (Å²) in [7, 11) is 0. The topological polar surface area (TPSA) is 135 Å². The first kappa shape index (κ1) is 19.9.